The second kappa shape index (κ2) is 6.92. The Morgan fingerprint density at radius 2 is 1.86 bits per heavy atom. The summed E-state index contributed by atoms with van der Waals surface area (Å²) in [6.07, 6.45) is 5.37. The van der Waals surface area contributed by atoms with Crippen molar-refractivity contribution in [3.8, 4) is 17.2 Å². The second-order valence-electron chi connectivity index (χ2n) is 7.15. The first-order chi connectivity index (χ1) is 13.4. The molecule has 0 saturated carbocycles. The van der Waals surface area contributed by atoms with Crippen LogP contribution in [-0.4, -0.2) is 21.4 Å². The number of hydrogen-bond acceptors (Lipinski definition) is 4. The van der Waals surface area contributed by atoms with E-state index in [2.05, 4.69) is 15.6 Å². The molecule has 7 nitrogen and oxygen atoms in total. The largest absolute Gasteiger partial charge is 0.449 e. The monoisotopic (exact) mass is 378 g/mol. The van der Waals surface area contributed by atoms with Crippen LogP contribution >= 0.6 is 0 Å². The quantitative estimate of drug-likeness (QED) is 0.711. The lowest BCUT2D eigenvalue weighted by Crippen LogP contribution is -2.31. The van der Waals surface area contributed by atoms with Gasteiger partial charge in [-0.1, -0.05) is 12.1 Å². The predicted octanol–water partition coefficient (Wildman–Crippen LogP) is 4.26. The number of nitrogens with one attached hydrogen (secondary N) is 2. The van der Waals surface area contributed by atoms with E-state index in [0.717, 1.165) is 11.3 Å². The van der Waals surface area contributed by atoms with Crippen molar-refractivity contribution < 1.29 is 14.3 Å². The van der Waals surface area contributed by atoms with Gasteiger partial charge in [-0.2, -0.15) is 0 Å². The fourth-order valence-electron chi connectivity index (χ4n) is 3.09. The third kappa shape index (κ3) is 3.78. The zero-order valence-electron chi connectivity index (χ0n) is 16.0. The number of fused-ring (bicyclic) bond motifs is 1. The van der Waals surface area contributed by atoms with Crippen molar-refractivity contribution in [3.63, 3.8) is 0 Å². The number of anilines is 1. The molecule has 28 heavy (non-hydrogen) atoms. The van der Waals surface area contributed by atoms with E-state index in [0.29, 0.717) is 17.2 Å². The van der Waals surface area contributed by atoms with Crippen molar-refractivity contribution in [2.24, 2.45) is 0 Å². The summed E-state index contributed by atoms with van der Waals surface area (Å²) < 4.78 is 13.3. The van der Waals surface area contributed by atoms with Crippen LogP contribution in [0.15, 0.2) is 61.2 Å². The molecule has 0 spiro atoms. The number of rotatable bonds is 4. The van der Waals surface area contributed by atoms with Crippen molar-refractivity contribution in [3.05, 3.63) is 66.7 Å². The fraction of sp³-hybridized carbons (Fsp3) is 0.238. The van der Waals surface area contributed by atoms with Gasteiger partial charge in [0, 0.05) is 43.7 Å². The Hall–Kier alpha value is -3.48. The number of hydrogen-bond donors (Lipinski definition) is 2. The van der Waals surface area contributed by atoms with Crippen LogP contribution in [0.3, 0.4) is 0 Å². The third-order valence-corrected chi connectivity index (χ3v) is 4.46. The van der Waals surface area contributed by atoms with Gasteiger partial charge >= 0.3 is 6.03 Å². The molecule has 2 aromatic carbocycles. The summed E-state index contributed by atoms with van der Waals surface area (Å²) in [5.74, 6) is 0.592. The molecule has 1 atom stereocenters. The zero-order chi connectivity index (χ0) is 19.7. The maximum Gasteiger partial charge on any atom is 0.319 e. The van der Waals surface area contributed by atoms with Crippen LogP contribution in [0.4, 0.5) is 10.5 Å². The van der Waals surface area contributed by atoms with Crippen LogP contribution in [-0.2, 0) is 0 Å². The van der Waals surface area contributed by atoms with Crippen molar-refractivity contribution in [2.75, 3.05) is 5.32 Å². The van der Waals surface area contributed by atoms with Gasteiger partial charge in [-0.3, -0.25) is 0 Å². The van der Waals surface area contributed by atoms with E-state index in [4.69, 9.17) is 9.47 Å². The Labute approximate surface area is 163 Å². The predicted molar refractivity (Wildman–Crippen MR) is 106 cm³/mol. The number of benzene rings is 2. The molecular weight excluding hydrogens is 356 g/mol. The van der Waals surface area contributed by atoms with Crippen LogP contribution in [0.25, 0.3) is 5.69 Å². The van der Waals surface area contributed by atoms with Gasteiger partial charge in [-0.05, 0) is 36.8 Å². The topological polar surface area (TPSA) is 77.4 Å². The second-order valence-corrected chi connectivity index (χ2v) is 7.15. The highest BCUT2D eigenvalue weighted by Gasteiger charge is 2.31. The van der Waals surface area contributed by atoms with Gasteiger partial charge in [0.2, 0.25) is 5.79 Å². The molecule has 3 aromatic rings. The maximum atomic E-state index is 12.4. The van der Waals surface area contributed by atoms with Crippen LogP contribution in [0.1, 0.15) is 32.4 Å². The molecule has 1 aliphatic rings. The lowest BCUT2D eigenvalue weighted by molar-refractivity contribution is -0.0431. The zero-order valence-corrected chi connectivity index (χ0v) is 16.0. The van der Waals surface area contributed by atoms with Gasteiger partial charge in [-0.25, -0.2) is 9.78 Å². The molecular formula is C21H22N4O3. The molecule has 0 aliphatic carbocycles. The van der Waals surface area contributed by atoms with Gasteiger partial charge < -0.3 is 24.7 Å². The Morgan fingerprint density at radius 3 is 2.57 bits per heavy atom. The smallest absolute Gasteiger partial charge is 0.319 e. The summed E-state index contributed by atoms with van der Waals surface area (Å²) in [4.78, 5) is 16.4. The molecule has 7 heteroatoms. The van der Waals surface area contributed by atoms with E-state index in [1.54, 1.807) is 30.7 Å². The van der Waals surface area contributed by atoms with E-state index in [-0.39, 0.29) is 12.1 Å². The van der Waals surface area contributed by atoms with Crippen molar-refractivity contribution in [1.29, 1.82) is 0 Å². The molecule has 2 N–H and O–H groups in total. The van der Waals surface area contributed by atoms with Crippen molar-refractivity contribution in [1.82, 2.24) is 14.9 Å². The van der Waals surface area contributed by atoms with Gasteiger partial charge in [0.05, 0.1) is 12.4 Å². The van der Waals surface area contributed by atoms with Crippen LogP contribution < -0.4 is 20.1 Å². The maximum absolute atomic E-state index is 12.4. The molecule has 4 rings (SSSR count). The number of carbonyl (C=O) groups excluding carboxylic acids is 1. The Bertz CT molecular complexity index is 981. The number of imidazole rings is 1. The lowest BCUT2D eigenvalue weighted by Gasteiger charge is -2.16. The number of carbonyl (C=O) groups is 1. The highest BCUT2D eigenvalue weighted by Crippen LogP contribution is 2.40. The van der Waals surface area contributed by atoms with E-state index in [9.17, 15) is 4.79 Å². The summed E-state index contributed by atoms with van der Waals surface area (Å²) in [5, 5.41) is 5.78. The van der Waals surface area contributed by atoms with E-state index in [1.165, 1.54) is 0 Å². The first kappa shape index (κ1) is 17.9. The SMILES string of the molecule is C[C@@H](NC(=O)Nc1ccc2c(c1)OC(C)(C)O2)c1ccc(-n2ccnc2)cc1. The standard InChI is InChI=1S/C21H22N4O3/c1-14(15-4-7-17(8-5-15)25-11-10-22-13-25)23-20(26)24-16-6-9-18-19(12-16)28-21(2,3)27-18/h4-14H,1-3H3,(H2,23,24,26)/t14-/m1/s1. The molecule has 144 valence electrons. The summed E-state index contributed by atoms with van der Waals surface area (Å²) >= 11 is 0. The molecule has 1 aliphatic heterocycles. The Balaban J connectivity index is 1.37. The normalized spacial score (nSPS) is 15.1. The van der Waals surface area contributed by atoms with E-state index < -0.39 is 5.79 Å². The minimum absolute atomic E-state index is 0.148. The van der Waals surface area contributed by atoms with Crippen LogP contribution in [0.5, 0.6) is 11.5 Å². The highest BCUT2D eigenvalue weighted by molar-refractivity contribution is 5.90. The molecule has 0 radical (unpaired) electrons. The Kier molecular flexibility index (Phi) is 4.43. The van der Waals surface area contributed by atoms with Crippen molar-refractivity contribution in [2.45, 2.75) is 32.6 Å². The summed E-state index contributed by atoms with van der Waals surface area (Å²) in [6.45, 7) is 5.62. The first-order valence-corrected chi connectivity index (χ1v) is 9.07. The van der Waals surface area contributed by atoms with Gasteiger partial charge in [0.1, 0.15) is 0 Å². The van der Waals surface area contributed by atoms with Gasteiger partial charge in [0.15, 0.2) is 11.5 Å². The van der Waals surface area contributed by atoms with Crippen LogP contribution in [0, 0.1) is 0 Å². The first-order valence-electron chi connectivity index (χ1n) is 9.07. The highest BCUT2D eigenvalue weighted by atomic mass is 16.7. The molecule has 0 saturated heterocycles. The minimum Gasteiger partial charge on any atom is -0.449 e. The number of nitrogens with zero attached hydrogens (tertiary/aromatic N) is 2. The molecule has 0 unspecified atom stereocenters. The molecule has 2 heterocycles. The number of ether oxygens (including phenoxy) is 2. The molecule has 2 amide bonds. The summed E-state index contributed by atoms with van der Waals surface area (Å²) in [6, 6.07) is 12.9. The fourth-order valence-corrected chi connectivity index (χ4v) is 3.09. The molecule has 0 fully saturated rings. The van der Waals surface area contributed by atoms with E-state index >= 15 is 0 Å². The number of amides is 2. The van der Waals surface area contributed by atoms with Gasteiger partial charge in [0.25, 0.3) is 0 Å². The van der Waals surface area contributed by atoms with Crippen LogP contribution in [0.2, 0.25) is 0 Å². The van der Waals surface area contributed by atoms with Gasteiger partial charge in [-0.15, -0.1) is 0 Å². The average molecular weight is 378 g/mol. The lowest BCUT2D eigenvalue weighted by atomic mass is 10.1. The summed E-state index contributed by atoms with van der Waals surface area (Å²) in [7, 11) is 0. The third-order valence-electron chi connectivity index (χ3n) is 4.46. The number of urea groups is 1. The van der Waals surface area contributed by atoms with E-state index in [1.807, 2.05) is 55.8 Å². The number of aromatic nitrogens is 2. The minimum atomic E-state index is -0.694. The Morgan fingerprint density at radius 1 is 1.11 bits per heavy atom. The summed E-state index contributed by atoms with van der Waals surface area (Å²) in [5.41, 5.74) is 2.66. The van der Waals surface area contributed by atoms with Crippen molar-refractivity contribution >= 4 is 11.7 Å². The molecule has 0 bridgehead atoms. The average Bonchev–Trinajstić information content (AvgIpc) is 3.27. The molecule has 1 aromatic heterocycles.